The van der Waals surface area contributed by atoms with Crippen molar-refractivity contribution in [2.45, 2.75) is 6.54 Å². The fraction of sp³-hybridized carbons (Fsp3) is 0.364. The molecule has 1 N–H and O–H groups in total. The zero-order valence-electron chi connectivity index (χ0n) is 10.6. The van der Waals surface area contributed by atoms with Crippen molar-refractivity contribution in [3.63, 3.8) is 0 Å². The Morgan fingerprint density at radius 1 is 1.20 bits per heavy atom. The Balaban J connectivity index is 2.21. The van der Waals surface area contributed by atoms with Gasteiger partial charge < -0.3 is 10.1 Å². The fourth-order valence-electron chi connectivity index (χ4n) is 1.55. The zero-order valence-corrected chi connectivity index (χ0v) is 10.6. The van der Waals surface area contributed by atoms with Crippen LogP contribution in [0.5, 0.6) is 0 Å². The average molecular weight is 287 g/mol. The Bertz CT molecular complexity index is 589. The van der Waals surface area contributed by atoms with Crippen molar-refractivity contribution >= 4 is 0 Å². The van der Waals surface area contributed by atoms with E-state index in [-0.39, 0.29) is 18.1 Å². The summed E-state index contributed by atoms with van der Waals surface area (Å²) >= 11 is 0. The number of benzene rings is 1. The van der Waals surface area contributed by atoms with E-state index in [0.29, 0.717) is 25.3 Å². The summed E-state index contributed by atoms with van der Waals surface area (Å²) in [5.41, 5.74) is -0.252. The lowest BCUT2D eigenvalue weighted by Crippen LogP contribution is -2.21. The molecule has 0 saturated carbocycles. The maximum Gasteiger partial charge on any atom is 0.170 e. The van der Waals surface area contributed by atoms with E-state index in [1.165, 1.54) is 0 Å². The fourth-order valence-corrected chi connectivity index (χ4v) is 1.55. The normalized spacial score (nSPS) is 11.0. The SMILES string of the molecule is COCCNCc1nnnn1-c1cc(F)c(F)cc1F. The van der Waals surface area contributed by atoms with Crippen LogP contribution in [0.2, 0.25) is 0 Å². The van der Waals surface area contributed by atoms with Gasteiger partial charge in [0.25, 0.3) is 0 Å². The molecule has 2 rings (SSSR count). The first-order chi connectivity index (χ1) is 9.63. The maximum atomic E-state index is 13.7. The van der Waals surface area contributed by atoms with E-state index in [0.717, 1.165) is 4.68 Å². The average Bonchev–Trinajstić information content (AvgIpc) is 2.87. The van der Waals surface area contributed by atoms with Crippen molar-refractivity contribution in [3.8, 4) is 5.69 Å². The Hall–Kier alpha value is -2.00. The molecule has 2 aromatic rings. The highest BCUT2D eigenvalue weighted by molar-refractivity contribution is 5.34. The summed E-state index contributed by atoms with van der Waals surface area (Å²) in [6.45, 7) is 1.26. The predicted octanol–water partition coefficient (Wildman–Crippen LogP) is 0.816. The van der Waals surface area contributed by atoms with Crippen molar-refractivity contribution < 1.29 is 17.9 Å². The molecule has 0 aliphatic carbocycles. The molecular formula is C11H12F3N5O. The number of rotatable bonds is 6. The van der Waals surface area contributed by atoms with Gasteiger partial charge in [-0.1, -0.05) is 0 Å². The maximum absolute atomic E-state index is 13.7. The largest absolute Gasteiger partial charge is 0.383 e. The molecule has 0 radical (unpaired) electrons. The summed E-state index contributed by atoms with van der Waals surface area (Å²) in [4.78, 5) is 0. The summed E-state index contributed by atoms with van der Waals surface area (Å²) in [6, 6.07) is 1.16. The molecule has 0 aliphatic rings. The molecule has 0 bridgehead atoms. The van der Waals surface area contributed by atoms with Crippen LogP contribution in [0, 0.1) is 17.5 Å². The second-order valence-electron chi connectivity index (χ2n) is 3.89. The summed E-state index contributed by atoms with van der Waals surface area (Å²) < 4.78 is 45.6. The molecule has 20 heavy (non-hydrogen) atoms. The number of tetrazole rings is 1. The van der Waals surface area contributed by atoms with E-state index < -0.39 is 17.5 Å². The third-order valence-corrected chi connectivity index (χ3v) is 2.52. The Morgan fingerprint density at radius 2 is 1.95 bits per heavy atom. The minimum absolute atomic E-state index is 0.231. The highest BCUT2D eigenvalue weighted by Crippen LogP contribution is 2.17. The van der Waals surface area contributed by atoms with Crippen molar-refractivity contribution in [1.29, 1.82) is 0 Å². The number of methoxy groups -OCH3 is 1. The van der Waals surface area contributed by atoms with Gasteiger partial charge in [-0.25, -0.2) is 13.2 Å². The molecule has 6 nitrogen and oxygen atoms in total. The molecule has 0 aliphatic heterocycles. The number of hydrogen-bond acceptors (Lipinski definition) is 5. The van der Waals surface area contributed by atoms with E-state index in [9.17, 15) is 13.2 Å². The minimum atomic E-state index is -1.26. The van der Waals surface area contributed by atoms with E-state index in [4.69, 9.17) is 4.74 Å². The quantitative estimate of drug-likeness (QED) is 0.629. The van der Waals surface area contributed by atoms with Gasteiger partial charge in [-0.15, -0.1) is 5.10 Å². The standard InChI is InChI=1S/C11H12F3N5O/c1-20-3-2-15-6-11-16-17-18-19(11)10-5-8(13)7(12)4-9(10)14/h4-5,15H,2-3,6H2,1H3. The van der Waals surface area contributed by atoms with Crippen molar-refractivity contribution in [2.75, 3.05) is 20.3 Å². The van der Waals surface area contributed by atoms with Crippen molar-refractivity contribution in [3.05, 3.63) is 35.4 Å². The molecule has 1 heterocycles. The Morgan fingerprint density at radius 3 is 2.70 bits per heavy atom. The van der Waals surface area contributed by atoms with Crippen LogP contribution in [0.15, 0.2) is 12.1 Å². The van der Waals surface area contributed by atoms with Crippen LogP contribution in [-0.4, -0.2) is 40.5 Å². The topological polar surface area (TPSA) is 64.9 Å². The van der Waals surface area contributed by atoms with Crippen LogP contribution in [0.4, 0.5) is 13.2 Å². The van der Waals surface area contributed by atoms with Crippen LogP contribution in [0.3, 0.4) is 0 Å². The summed E-state index contributed by atoms with van der Waals surface area (Å²) in [7, 11) is 1.56. The molecule has 0 spiro atoms. The minimum Gasteiger partial charge on any atom is -0.383 e. The van der Waals surface area contributed by atoms with Crippen LogP contribution >= 0.6 is 0 Å². The summed E-state index contributed by atoms with van der Waals surface area (Å²) in [5.74, 6) is -3.12. The second-order valence-corrected chi connectivity index (χ2v) is 3.89. The van der Waals surface area contributed by atoms with Gasteiger partial charge >= 0.3 is 0 Å². The van der Waals surface area contributed by atoms with E-state index >= 15 is 0 Å². The molecular weight excluding hydrogens is 275 g/mol. The molecule has 0 fully saturated rings. The number of nitrogens with one attached hydrogen (secondary N) is 1. The van der Waals surface area contributed by atoms with Gasteiger partial charge in [0, 0.05) is 25.8 Å². The molecule has 108 valence electrons. The molecule has 9 heteroatoms. The molecule has 0 amide bonds. The smallest absolute Gasteiger partial charge is 0.170 e. The first kappa shape index (κ1) is 14.4. The van der Waals surface area contributed by atoms with Gasteiger partial charge in [0.05, 0.1) is 13.2 Å². The highest BCUT2D eigenvalue weighted by atomic mass is 19.2. The third-order valence-electron chi connectivity index (χ3n) is 2.52. The van der Waals surface area contributed by atoms with Crippen LogP contribution in [0.1, 0.15) is 5.82 Å². The second kappa shape index (κ2) is 6.44. The van der Waals surface area contributed by atoms with Gasteiger partial charge in [0.1, 0.15) is 5.69 Å². The van der Waals surface area contributed by atoms with Gasteiger partial charge in [0.2, 0.25) is 0 Å². The first-order valence-electron chi connectivity index (χ1n) is 5.75. The van der Waals surface area contributed by atoms with E-state index in [1.807, 2.05) is 0 Å². The lowest BCUT2D eigenvalue weighted by Gasteiger charge is -2.07. The van der Waals surface area contributed by atoms with Crippen LogP contribution in [0.25, 0.3) is 5.69 Å². The zero-order chi connectivity index (χ0) is 14.5. The van der Waals surface area contributed by atoms with Crippen LogP contribution < -0.4 is 5.32 Å². The highest BCUT2D eigenvalue weighted by Gasteiger charge is 2.15. The Labute approximate surface area is 112 Å². The summed E-state index contributed by atoms with van der Waals surface area (Å²) in [6.07, 6.45) is 0. The lowest BCUT2D eigenvalue weighted by atomic mass is 10.3. The van der Waals surface area contributed by atoms with E-state index in [1.54, 1.807) is 7.11 Å². The van der Waals surface area contributed by atoms with Gasteiger partial charge in [0.15, 0.2) is 23.3 Å². The first-order valence-corrected chi connectivity index (χ1v) is 5.75. The molecule has 0 saturated heterocycles. The van der Waals surface area contributed by atoms with Crippen LogP contribution in [-0.2, 0) is 11.3 Å². The number of aromatic nitrogens is 4. The molecule has 1 aromatic heterocycles. The van der Waals surface area contributed by atoms with Gasteiger partial charge in [-0.3, -0.25) is 0 Å². The molecule has 1 aromatic carbocycles. The predicted molar refractivity (Wildman–Crippen MR) is 62.6 cm³/mol. The number of halogens is 3. The van der Waals surface area contributed by atoms with Gasteiger partial charge in [-0.2, -0.15) is 4.68 Å². The van der Waals surface area contributed by atoms with Crippen molar-refractivity contribution in [1.82, 2.24) is 25.5 Å². The van der Waals surface area contributed by atoms with E-state index in [2.05, 4.69) is 20.8 Å². The summed E-state index contributed by atoms with van der Waals surface area (Å²) in [5, 5.41) is 13.6. The Kier molecular flexibility index (Phi) is 4.64. The van der Waals surface area contributed by atoms with Gasteiger partial charge in [-0.05, 0) is 10.4 Å². The number of ether oxygens (including phenoxy) is 1. The third kappa shape index (κ3) is 3.11. The molecule has 0 unspecified atom stereocenters. The molecule has 0 atom stereocenters. The monoisotopic (exact) mass is 287 g/mol. The lowest BCUT2D eigenvalue weighted by molar-refractivity contribution is 0.199. The number of hydrogen-bond donors (Lipinski definition) is 1. The number of nitrogens with zero attached hydrogens (tertiary/aromatic N) is 4. The van der Waals surface area contributed by atoms with Crippen molar-refractivity contribution in [2.24, 2.45) is 0 Å².